The van der Waals surface area contributed by atoms with Gasteiger partial charge in [-0.2, -0.15) is 0 Å². The third-order valence-electron chi connectivity index (χ3n) is 4.51. The molecule has 0 heterocycles. The van der Waals surface area contributed by atoms with Gasteiger partial charge < -0.3 is 10.2 Å². The van der Waals surface area contributed by atoms with Gasteiger partial charge in [-0.1, -0.05) is 81.1 Å². The number of phenols is 2. The summed E-state index contributed by atoms with van der Waals surface area (Å²) in [7, 11) is 0. The Kier molecular flexibility index (Phi) is 10.4. The van der Waals surface area contributed by atoms with Crippen LogP contribution < -0.4 is 0 Å². The van der Waals surface area contributed by atoms with E-state index in [-0.39, 0.29) is 11.5 Å². The molecular formula is C20H33BrO2. The SMILES string of the molecule is CCCCCCCc1c(Br)cc(O)c(O)c1CCCCCCC. The minimum atomic E-state index is -0.00448. The first-order chi connectivity index (χ1) is 11.1. The van der Waals surface area contributed by atoms with Crippen molar-refractivity contribution in [2.75, 3.05) is 0 Å². The maximum atomic E-state index is 10.3. The van der Waals surface area contributed by atoms with Gasteiger partial charge in [-0.3, -0.25) is 0 Å². The molecule has 0 saturated heterocycles. The number of unbranched alkanes of at least 4 members (excludes halogenated alkanes) is 8. The molecule has 0 unspecified atom stereocenters. The van der Waals surface area contributed by atoms with Crippen molar-refractivity contribution in [2.24, 2.45) is 0 Å². The van der Waals surface area contributed by atoms with Gasteiger partial charge in [0.1, 0.15) is 0 Å². The first kappa shape index (κ1) is 20.3. The van der Waals surface area contributed by atoms with Crippen molar-refractivity contribution in [1.82, 2.24) is 0 Å². The van der Waals surface area contributed by atoms with Crippen molar-refractivity contribution >= 4 is 15.9 Å². The van der Waals surface area contributed by atoms with Crippen LogP contribution in [0, 0.1) is 0 Å². The summed E-state index contributed by atoms with van der Waals surface area (Å²) in [6.45, 7) is 4.44. The van der Waals surface area contributed by atoms with E-state index in [0.717, 1.165) is 35.7 Å². The van der Waals surface area contributed by atoms with E-state index in [1.165, 1.54) is 56.9 Å². The number of halogens is 1. The molecule has 0 fully saturated rings. The second-order valence-corrected chi connectivity index (χ2v) is 7.37. The van der Waals surface area contributed by atoms with Crippen LogP contribution in [0.3, 0.4) is 0 Å². The molecule has 1 rings (SSSR count). The normalized spacial score (nSPS) is 11.1. The van der Waals surface area contributed by atoms with Crippen LogP contribution in [0.25, 0.3) is 0 Å². The van der Waals surface area contributed by atoms with Gasteiger partial charge in [0.15, 0.2) is 11.5 Å². The average Bonchev–Trinajstić information content (AvgIpc) is 2.53. The monoisotopic (exact) mass is 384 g/mol. The van der Waals surface area contributed by atoms with Gasteiger partial charge in [-0.05, 0) is 37.3 Å². The van der Waals surface area contributed by atoms with Crippen LogP contribution in [-0.4, -0.2) is 10.2 Å². The molecule has 23 heavy (non-hydrogen) atoms. The zero-order valence-electron chi connectivity index (χ0n) is 14.8. The number of benzene rings is 1. The zero-order valence-corrected chi connectivity index (χ0v) is 16.4. The summed E-state index contributed by atoms with van der Waals surface area (Å²) in [5.41, 5.74) is 2.14. The quantitative estimate of drug-likeness (QED) is 0.304. The summed E-state index contributed by atoms with van der Waals surface area (Å²) in [4.78, 5) is 0. The lowest BCUT2D eigenvalue weighted by atomic mass is 9.95. The van der Waals surface area contributed by atoms with E-state index in [1.807, 2.05) is 0 Å². The minimum Gasteiger partial charge on any atom is -0.504 e. The molecule has 2 nitrogen and oxygen atoms in total. The summed E-state index contributed by atoms with van der Waals surface area (Å²) >= 11 is 3.58. The Hall–Kier alpha value is -0.700. The van der Waals surface area contributed by atoms with Gasteiger partial charge in [-0.25, -0.2) is 0 Å². The molecule has 0 spiro atoms. The number of aromatic hydroxyl groups is 2. The molecule has 0 aliphatic heterocycles. The highest BCUT2D eigenvalue weighted by atomic mass is 79.9. The topological polar surface area (TPSA) is 40.5 Å². The molecule has 2 N–H and O–H groups in total. The van der Waals surface area contributed by atoms with Gasteiger partial charge in [0, 0.05) is 10.0 Å². The first-order valence-electron chi connectivity index (χ1n) is 9.33. The second-order valence-electron chi connectivity index (χ2n) is 6.51. The van der Waals surface area contributed by atoms with E-state index in [0.29, 0.717) is 0 Å². The van der Waals surface area contributed by atoms with Crippen molar-refractivity contribution in [3.63, 3.8) is 0 Å². The molecule has 0 bridgehead atoms. The molecule has 0 aliphatic rings. The van der Waals surface area contributed by atoms with Crippen molar-refractivity contribution in [2.45, 2.75) is 90.9 Å². The molecule has 132 valence electrons. The fraction of sp³-hybridized carbons (Fsp3) is 0.700. The maximum absolute atomic E-state index is 10.3. The van der Waals surface area contributed by atoms with Crippen LogP contribution in [0.2, 0.25) is 0 Å². The second kappa shape index (κ2) is 11.8. The summed E-state index contributed by atoms with van der Waals surface area (Å²) in [6, 6.07) is 1.64. The molecule has 0 radical (unpaired) electrons. The van der Waals surface area contributed by atoms with E-state index in [9.17, 15) is 10.2 Å². The molecule has 3 heteroatoms. The van der Waals surface area contributed by atoms with Gasteiger partial charge in [0.05, 0.1) is 0 Å². The highest BCUT2D eigenvalue weighted by Gasteiger charge is 2.15. The summed E-state index contributed by atoms with van der Waals surface area (Å²) < 4.78 is 0.937. The van der Waals surface area contributed by atoms with Crippen molar-refractivity contribution < 1.29 is 10.2 Å². The molecular weight excluding hydrogens is 352 g/mol. The highest BCUT2D eigenvalue weighted by Crippen LogP contribution is 2.38. The lowest BCUT2D eigenvalue weighted by Crippen LogP contribution is -1.98. The molecule has 0 saturated carbocycles. The lowest BCUT2D eigenvalue weighted by molar-refractivity contribution is 0.397. The Bertz CT molecular complexity index is 457. The number of hydrogen-bond acceptors (Lipinski definition) is 2. The van der Waals surface area contributed by atoms with Gasteiger partial charge in [-0.15, -0.1) is 0 Å². The Balaban J connectivity index is 2.67. The Morgan fingerprint density at radius 2 is 1.22 bits per heavy atom. The average molecular weight is 385 g/mol. The van der Waals surface area contributed by atoms with Crippen molar-refractivity contribution in [1.29, 1.82) is 0 Å². The van der Waals surface area contributed by atoms with Crippen LogP contribution in [0.15, 0.2) is 10.5 Å². The van der Waals surface area contributed by atoms with E-state index in [4.69, 9.17) is 0 Å². The Morgan fingerprint density at radius 1 is 0.739 bits per heavy atom. The predicted molar refractivity (Wildman–Crippen MR) is 102 cm³/mol. The number of hydrogen-bond donors (Lipinski definition) is 2. The lowest BCUT2D eigenvalue weighted by Gasteiger charge is -2.15. The van der Waals surface area contributed by atoms with E-state index < -0.39 is 0 Å². The Labute approximate surface area is 150 Å². The summed E-state index contributed by atoms with van der Waals surface area (Å²) in [5, 5.41) is 20.2. The van der Waals surface area contributed by atoms with Crippen LogP contribution in [0.1, 0.15) is 89.2 Å². The fourth-order valence-corrected chi connectivity index (χ4v) is 3.72. The van der Waals surface area contributed by atoms with Gasteiger partial charge in [0.25, 0.3) is 0 Å². The summed E-state index contributed by atoms with van der Waals surface area (Å²) in [5.74, 6) is 0.0856. The highest BCUT2D eigenvalue weighted by molar-refractivity contribution is 9.10. The van der Waals surface area contributed by atoms with Gasteiger partial charge in [0.2, 0.25) is 0 Å². The molecule has 1 aromatic carbocycles. The zero-order chi connectivity index (χ0) is 17.1. The van der Waals surface area contributed by atoms with Crippen molar-refractivity contribution in [3.8, 4) is 11.5 Å². The van der Waals surface area contributed by atoms with E-state index in [1.54, 1.807) is 6.07 Å². The van der Waals surface area contributed by atoms with Crippen LogP contribution in [0.4, 0.5) is 0 Å². The molecule has 0 aliphatic carbocycles. The minimum absolute atomic E-state index is 0.00448. The fourth-order valence-electron chi connectivity index (χ4n) is 3.07. The summed E-state index contributed by atoms with van der Waals surface area (Å²) in [6.07, 6.45) is 14.1. The molecule has 1 aromatic rings. The number of rotatable bonds is 12. The standard InChI is InChI=1S/C20H33BrO2/c1-3-5-7-9-11-13-16-17(14-12-10-8-6-4-2)20(23)19(22)15-18(16)21/h15,22-23H,3-14H2,1-2H3. The first-order valence-corrected chi connectivity index (χ1v) is 10.1. The van der Waals surface area contributed by atoms with Crippen molar-refractivity contribution in [3.05, 3.63) is 21.7 Å². The van der Waals surface area contributed by atoms with Gasteiger partial charge >= 0.3 is 0 Å². The molecule has 0 atom stereocenters. The molecule has 0 aromatic heterocycles. The van der Waals surface area contributed by atoms with Crippen LogP contribution >= 0.6 is 15.9 Å². The molecule has 0 amide bonds. The predicted octanol–water partition coefficient (Wildman–Crippen LogP) is 6.89. The van der Waals surface area contributed by atoms with E-state index >= 15 is 0 Å². The van der Waals surface area contributed by atoms with Crippen LogP contribution in [0.5, 0.6) is 11.5 Å². The van der Waals surface area contributed by atoms with E-state index in [2.05, 4.69) is 29.8 Å². The third-order valence-corrected chi connectivity index (χ3v) is 5.21. The number of phenolic OH excluding ortho intramolecular Hbond substituents is 2. The third kappa shape index (κ3) is 7.15. The van der Waals surface area contributed by atoms with Crippen LogP contribution in [-0.2, 0) is 12.8 Å². The Morgan fingerprint density at radius 3 is 1.74 bits per heavy atom. The smallest absolute Gasteiger partial charge is 0.161 e. The maximum Gasteiger partial charge on any atom is 0.161 e. The largest absolute Gasteiger partial charge is 0.504 e.